The molecule has 1 amide bonds. The number of nitrogens with two attached hydrogens (primary N) is 1. The Morgan fingerprint density at radius 3 is 2.63 bits per heavy atom. The van der Waals surface area contributed by atoms with Crippen LogP contribution in [-0.2, 0) is 11.0 Å². The van der Waals surface area contributed by atoms with Crippen LogP contribution in [0.5, 0.6) is 0 Å². The zero-order chi connectivity index (χ0) is 19.1. The number of amides is 1. The normalized spacial score (nSPS) is 19.6. The standard InChI is InChI=1S/C17H18ClF3N4O.ClH/c1-9-6-15(23-16(26)10-2-4-12(22)7-10)25(24-9)14-8-11(17(19,20)21)3-5-13(14)18;/h3,5-6,8,10,12H,2,4,7,22H2,1H3,(H,23,26);1H. The van der Waals surface area contributed by atoms with Crippen LogP contribution in [0.2, 0.25) is 5.02 Å². The summed E-state index contributed by atoms with van der Waals surface area (Å²) in [4.78, 5) is 12.4. The minimum atomic E-state index is -4.51. The molecule has 2 aromatic rings. The second kappa shape index (κ2) is 8.08. The predicted octanol–water partition coefficient (Wildman–Crippen LogP) is 4.34. The lowest BCUT2D eigenvalue weighted by molar-refractivity contribution is -0.137. The Morgan fingerprint density at radius 1 is 1.33 bits per heavy atom. The van der Waals surface area contributed by atoms with E-state index in [0.717, 1.165) is 24.6 Å². The zero-order valence-corrected chi connectivity index (χ0v) is 16.0. The van der Waals surface area contributed by atoms with E-state index < -0.39 is 11.7 Å². The third kappa shape index (κ3) is 4.75. The molecule has 1 fully saturated rings. The average molecular weight is 423 g/mol. The molecule has 2 unspecified atom stereocenters. The molecule has 1 aromatic carbocycles. The number of aromatic nitrogens is 2. The van der Waals surface area contributed by atoms with Crippen LogP contribution < -0.4 is 11.1 Å². The Labute approximate surface area is 165 Å². The summed E-state index contributed by atoms with van der Waals surface area (Å²) in [6.07, 6.45) is -2.46. The largest absolute Gasteiger partial charge is 0.416 e. The van der Waals surface area contributed by atoms with Crippen molar-refractivity contribution in [1.29, 1.82) is 0 Å². The minimum Gasteiger partial charge on any atom is -0.328 e. The Hall–Kier alpha value is -1.77. The van der Waals surface area contributed by atoms with Crippen LogP contribution in [0.4, 0.5) is 19.0 Å². The molecular formula is C17H19Cl2F3N4O. The summed E-state index contributed by atoms with van der Waals surface area (Å²) in [5.74, 6) is -0.165. The molecule has 10 heteroatoms. The molecule has 5 nitrogen and oxygen atoms in total. The van der Waals surface area contributed by atoms with E-state index in [-0.39, 0.29) is 46.8 Å². The number of hydrogen-bond acceptors (Lipinski definition) is 3. The molecule has 3 rings (SSSR count). The molecule has 3 N–H and O–H groups in total. The van der Waals surface area contributed by atoms with Crippen LogP contribution >= 0.6 is 24.0 Å². The Balaban J connectivity index is 0.00000261. The van der Waals surface area contributed by atoms with Crippen LogP contribution in [-0.4, -0.2) is 21.7 Å². The summed E-state index contributed by atoms with van der Waals surface area (Å²) >= 11 is 6.09. The highest BCUT2D eigenvalue weighted by Crippen LogP contribution is 2.34. The number of anilines is 1. The van der Waals surface area contributed by atoms with Crippen molar-refractivity contribution in [3.63, 3.8) is 0 Å². The van der Waals surface area contributed by atoms with E-state index in [0.29, 0.717) is 18.5 Å². The van der Waals surface area contributed by atoms with Crippen LogP contribution in [0.3, 0.4) is 0 Å². The summed E-state index contributed by atoms with van der Waals surface area (Å²) < 4.78 is 40.3. The maximum absolute atomic E-state index is 13.0. The van der Waals surface area contributed by atoms with Gasteiger partial charge in [0.15, 0.2) is 0 Å². The van der Waals surface area contributed by atoms with E-state index in [9.17, 15) is 18.0 Å². The van der Waals surface area contributed by atoms with Gasteiger partial charge in [-0.3, -0.25) is 4.79 Å². The molecule has 1 aliphatic carbocycles. The zero-order valence-electron chi connectivity index (χ0n) is 14.4. The van der Waals surface area contributed by atoms with E-state index in [2.05, 4.69) is 10.4 Å². The van der Waals surface area contributed by atoms with Gasteiger partial charge in [0.05, 0.1) is 22.0 Å². The fourth-order valence-electron chi connectivity index (χ4n) is 3.11. The number of nitrogens with one attached hydrogen (secondary N) is 1. The summed E-state index contributed by atoms with van der Waals surface area (Å²) in [7, 11) is 0. The summed E-state index contributed by atoms with van der Waals surface area (Å²) in [5.41, 5.74) is 5.58. The predicted molar refractivity (Wildman–Crippen MR) is 99.5 cm³/mol. The quantitative estimate of drug-likeness (QED) is 0.772. The van der Waals surface area contributed by atoms with Gasteiger partial charge in [-0.2, -0.15) is 18.3 Å². The highest BCUT2D eigenvalue weighted by atomic mass is 35.5. The molecule has 0 saturated heterocycles. The molecule has 0 aliphatic heterocycles. The van der Waals surface area contributed by atoms with Crippen LogP contribution in [0, 0.1) is 12.8 Å². The van der Waals surface area contributed by atoms with Gasteiger partial charge in [0.1, 0.15) is 5.82 Å². The number of carbonyl (C=O) groups is 1. The van der Waals surface area contributed by atoms with Gasteiger partial charge in [0.2, 0.25) is 5.91 Å². The highest BCUT2D eigenvalue weighted by Gasteiger charge is 2.32. The van der Waals surface area contributed by atoms with E-state index in [1.807, 2.05) is 0 Å². The third-order valence-electron chi connectivity index (χ3n) is 4.43. The number of hydrogen-bond donors (Lipinski definition) is 2. The summed E-state index contributed by atoms with van der Waals surface area (Å²) in [5, 5.41) is 7.03. The van der Waals surface area contributed by atoms with Crippen molar-refractivity contribution in [2.24, 2.45) is 11.7 Å². The molecule has 0 radical (unpaired) electrons. The lowest BCUT2D eigenvalue weighted by atomic mass is 10.1. The van der Waals surface area contributed by atoms with Crippen molar-refractivity contribution in [2.75, 3.05) is 5.32 Å². The van der Waals surface area contributed by atoms with Crippen molar-refractivity contribution < 1.29 is 18.0 Å². The number of carbonyl (C=O) groups excluding carboxylic acids is 1. The first-order chi connectivity index (χ1) is 12.1. The second-order valence-corrected chi connectivity index (χ2v) is 6.91. The fraction of sp³-hybridized carbons (Fsp3) is 0.412. The molecule has 0 spiro atoms. The van der Waals surface area contributed by atoms with E-state index in [1.165, 1.54) is 4.68 Å². The van der Waals surface area contributed by atoms with Gasteiger partial charge >= 0.3 is 6.18 Å². The number of alkyl halides is 3. The van der Waals surface area contributed by atoms with Gasteiger partial charge in [-0.05, 0) is 44.4 Å². The topological polar surface area (TPSA) is 72.9 Å². The van der Waals surface area contributed by atoms with Crippen molar-refractivity contribution in [3.8, 4) is 5.69 Å². The smallest absolute Gasteiger partial charge is 0.328 e. The molecule has 1 aliphatic rings. The second-order valence-electron chi connectivity index (χ2n) is 6.51. The molecular weight excluding hydrogens is 404 g/mol. The minimum absolute atomic E-state index is 0. The molecule has 148 valence electrons. The monoisotopic (exact) mass is 422 g/mol. The average Bonchev–Trinajstić information content (AvgIpc) is 3.12. The van der Waals surface area contributed by atoms with Gasteiger partial charge in [-0.15, -0.1) is 12.4 Å². The summed E-state index contributed by atoms with van der Waals surface area (Å²) in [6.45, 7) is 1.68. The van der Waals surface area contributed by atoms with Gasteiger partial charge in [0, 0.05) is 18.0 Å². The number of aryl methyl sites for hydroxylation is 1. The van der Waals surface area contributed by atoms with Gasteiger partial charge in [-0.25, -0.2) is 4.68 Å². The maximum Gasteiger partial charge on any atom is 0.416 e. The number of halogens is 5. The van der Waals surface area contributed by atoms with E-state index in [4.69, 9.17) is 17.3 Å². The lowest BCUT2D eigenvalue weighted by Gasteiger charge is -2.15. The van der Waals surface area contributed by atoms with Crippen LogP contribution in [0.15, 0.2) is 24.3 Å². The van der Waals surface area contributed by atoms with Gasteiger partial charge < -0.3 is 11.1 Å². The van der Waals surface area contributed by atoms with Crippen molar-refractivity contribution in [3.05, 3.63) is 40.5 Å². The Bertz CT molecular complexity index is 838. The first-order valence-corrected chi connectivity index (χ1v) is 8.53. The molecule has 1 saturated carbocycles. The lowest BCUT2D eigenvalue weighted by Crippen LogP contribution is -2.24. The molecule has 1 heterocycles. The van der Waals surface area contributed by atoms with E-state index >= 15 is 0 Å². The Morgan fingerprint density at radius 2 is 2.04 bits per heavy atom. The van der Waals surface area contributed by atoms with Crippen LogP contribution in [0.25, 0.3) is 5.69 Å². The SMILES string of the molecule is Cc1cc(NC(=O)C2CCC(N)C2)n(-c2cc(C(F)(F)F)ccc2Cl)n1.Cl. The number of benzene rings is 1. The molecule has 1 aromatic heterocycles. The highest BCUT2D eigenvalue weighted by molar-refractivity contribution is 6.32. The van der Waals surface area contributed by atoms with E-state index in [1.54, 1.807) is 13.0 Å². The summed E-state index contributed by atoms with van der Waals surface area (Å²) in [6, 6.07) is 4.56. The van der Waals surface area contributed by atoms with Crippen molar-refractivity contribution in [1.82, 2.24) is 9.78 Å². The van der Waals surface area contributed by atoms with Gasteiger partial charge in [-0.1, -0.05) is 11.6 Å². The number of rotatable bonds is 3. The third-order valence-corrected chi connectivity index (χ3v) is 4.75. The molecule has 2 atom stereocenters. The molecule has 0 bridgehead atoms. The number of nitrogens with zero attached hydrogens (tertiary/aromatic N) is 2. The fourth-order valence-corrected chi connectivity index (χ4v) is 3.30. The van der Waals surface area contributed by atoms with Crippen molar-refractivity contribution >= 4 is 35.7 Å². The maximum atomic E-state index is 13.0. The van der Waals surface area contributed by atoms with Crippen molar-refractivity contribution in [2.45, 2.75) is 38.4 Å². The first kappa shape index (κ1) is 21.5. The van der Waals surface area contributed by atoms with Gasteiger partial charge in [0.25, 0.3) is 0 Å². The Kier molecular flexibility index (Phi) is 6.44. The molecule has 27 heavy (non-hydrogen) atoms. The van der Waals surface area contributed by atoms with Crippen LogP contribution in [0.1, 0.15) is 30.5 Å². The first-order valence-electron chi connectivity index (χ1n) is 8.15.